The van der Waals surface area contributed by atoms with E-state index in [0.717, 1.165) is 25.1 Å². The molecule has 1 fully saturated rings. The van der Waals surface area contributed by atoms with E-state index in [1.807, 2.05) is 24.3 Å². The van der Waals surface area contributed by atoms with Gasteiger partial charge in [0.1, 0.15) is 0 Å². The molecule has 0 bridgehead atoms. The lowest BCUT2D eigenvalue weighted by Crippen LogP contribution is -2.40. The molecule has 2 aliphatic heterocycles. The van der Waals surface area contributed by atoms with Crippen LogP contribution in [0.15, 0.2) is 77.7 Å². The predicted molar refractivity (Wildman–Crippen MR) is 139 cm³/mol. The average Bonchev–Trinajstić information content (AvgIpc) is 2.90. The number of rotatable bonds is 6. The Morgan fingerprint density at radius 2 is 1.61 bits per heavy atom. The molecule has 1 unspecified atom stereocenters. The summed E-state index contributed by atoms with van der Waals surface area (Å²) in [4.78, 5) is 15.4. The van der Waals surface area contributed by atoms with Gasteiger partial charge in [0.2, 0.25) is 10.0 Å². The molecule has 0 aliphatic carbocycles. The lowest BCUT2D eigenvalue weighted by Gasteiger charge is -2.35. The molecule has 36 heavy (non-hydrogen) atoms. The van der Waals surface area contributed by atoms with Crippen LogP contribution in [0.3, 0.4) is 0 Å². The predicted octanol–water partition coefficient (Wildman–Crippen LogP) is 3.91. The Morgan fingerprint density at radius 1 is 0.944 bits per heavy atom. The summed E-state index contributed by atoms with van der Waals surface area (Å²) < 4.78 is 32.2. The lowest BCUT2D eigenvalue weighted by atomic mass is 9.94. The number of hydrogen-bond acceptors (Lipinski definition) is 5. The number of carbonyl (C=O) groups is 1. The van der Waals surface area contributed by atoms with E-state index >= 15 is 0 Å². The Bertz CT molecular complexity index is 1320. The van der Waals surface area contributed by atoms with Gasteiger partial charge >= 0.3 is 0 Å². The van der Waals surface area contributed by atoms with Crippen molar-refractivity contribution in [1.29, 1.82) is 0 Å². The number of fused-ring (bicyclic) bond motifs is 1. The van der Waals surface area contributed by atoms with Gasteiger partial charge in [-0.15, -0.1) is 0 Å². The Kier molecular flexibility index (Phi) is 7.20. The van der Waals surface area contributed by atoms with Gasteiger partial charge in [-0.25, -0.2) is 8.42 Å². The zero-order valence-electron chi connectivity index (χ0n) is 20.4. The zero-order valence-corrected chi connectivity index (χ0v) is 21.2. The normalized spacial score (nSPS) is 19.0. The Labute approximate surface area is 212 Å². The molecule has 3 aromatic carbocycles. The van der Waals surface area contributed by atoms with Crippen molar-refractivity contribution in [3.63, 3.8) is 0 Å². The summed E-state index contributed by atoms with van der Waals surface area (Å²) in [6, 6.07) is 23.0. The SMILES string of the molecule is CC1Cc2ccccc2CN1Cc1ccc(C(=O)Nc2ccc(S(=O)(=O)N3CCOCC3)cc2)cc1. The van der Waals surface area contributed by atoms with Crippen molar-refractivity contribution < 1.29 is 17.9 Å². The molecule has 2 heterocycles. The van der Waals surface area contributed by atoms with Crippen LogP contribution in [-0.2, 0) is 34.3 Å². The van der Waals surface area contributed by atoms with Crippen LogP contribution in [0.1, 0.15) is 34.0 Å². The van der Waals surface area contributed by atoms with Gasteiger partial charge in [0.25, 0.3) is 5.91 Å². The highest BCUT2D eigenvalue weighted by Gasteiger charge is 2.26. The standard InChI is InChI=1S/C28H31N3O4S/c1-21-18-24-4-2-3-5-25(24)20-30(21)19-22-6-8-23(9-7-22)28(32)29-26-10-12-27(13-11-26)36(33,34)31-14-16-35-17-15-31/h2-13,21H,14-20H2,1H3,(H,29,32). The van der Waals surface area contributed by atoms with E-state index < -0.39 is 10.0 Å². The van der Waals surface area contributed by atoms with Gasteiger partial charge in [0.05, 0.1) is 18.1 Å². The van der Waals surface area contributed by atoms with Gasteiger partial charge in [0, 0.05) is 43.5 Å². The molecule has 0 radical (unpaired) electrons. The molecule has 188 valence electrons. The summed E-state index contributed by atoms with van der Waals surface area (Å²) in [5, 5.41) is 2.86. The van der Waals surface area contributed by atoms with E-state index in [-0.39, 0.29) is 10.8 Å². The number of nitrogens with one attached hydrogen (secondary N) is 1. The molecule has 0 aromatic heterocycles. The first-order valence-corrected chi connectivity index (χ1v) is 13.7. The number of carbonyl (C=O) groups excluding carboxylic acids is 1. The van der Waals surface area contributed by atoms with Gasteiger partial charge in [-0.3, -0.25) is 9.69 Å². The number of ether oxygens (including phenoxy) is 1. The van der Waals surface area contributed by atoms with Gasteiger partial charge in [0.15, 0.2) is 0 Å². The van der Waals surface area contributed by atoms with Crippen molar-refractivity contribution in [2.24, 2.45) is 0 Å². The summed E-state index contributed by atoms with van der Waals surface area (Å²) in [5.41, 5.74) is 5.08. The molecule has 1 atom stereocenters. The van der Waals surface area contributed by atoms with Crippen LogP contribution in [-0.4, -0.2) is 55.9 Å². The number of morpholine rings is 1. The second kappa shape index (κ2) is 10.5. The van der Waals surface area contributed by atoms with E-state index in [1.165, 1.54) is 27.6 Å². The molecule has 7 nitrogen and oxygen atoms in total. The van der Waals surface area contributed by atoms with Crippen LogP contribution < -0.4 is 5.32 Å². The minimum atomic E-state index is -3.56. The second-order valence-electron chi connectivity index (χ2n) is 9.42. The van der Waals surface area contributed by atoms with Crippen LogP contribution in [0.4, 0.5) is 5.69 Å². The van der Waals surface area contributed by atoms with E-state index in [1.54, 1.807) is 12.1 Å². The fourth-order valence-corrected chi connectivity index (χ4v) is 6.20. The maximum atomic E-state index is 12.8. The van der Waals surface area contributed by atoms with E-state index in [0.29, 0.717) is 43.6 Å². The van der Waals surface area contributed by atoms with Gasteiger partial charge in [-0.1, -0.05) is 36.4 Å². The van der Waals surface area contributed by atoms with Gasteiger partial charge in [-0.2, -0.15) is 4.31 Å². The largest absolute Gasteiger partial charge is 0.379 e. The van der Waals surface area contributed by atoms with Crippen LogP contribution in [0.5, 0.6) is 0 Å². The quantitative estimate of drug-likeness (QED) is 0.550. The molecule has 1 N–H and O–H groups in total. The fourth-order valence-electron chi connectivity index (χ4n) is 4.79. The number of nitrogens with zero attached hydrogens (tertiary/aromatic N) is 2. The Hall–Kier alpha value is -3.04. The minimum absolute atomic E-state index is 0.210. The lowest BCUT2D eigenvalue weighted by molar-refractivity contribution is 0.0730. The summed E-state index contributed by atoms with van der Waals surface area (Å²) >= 11 is 0. The fraction of sp³-hybridized carbons (Fsp3) is 0.321. The summed E-state index contributed by atoms with van der Waals surface area (Å²) in [7, 11) is -3.56. The highest BCUT2D eigenvalue weighted by molar-refractivity contribution is 7.89. The number of sulfonamides is 1. The maximum Gasteiger partial charge on any atom is 0.255 e. The summed E-state index contributed by atoms with van der Waals surface area (Å²) in [5.74, 6) is -0.231. The number of amides is 1. The number of anilines is 1. The summed E-state index contributed by atoms with van der Waals surface area (Å²) in [6.07, 6.45) is 1.04. The van der Waals surface area contributed by atoms with Crippen LogP contribution in [0.2, 0.25) is 0 Å². The van der Waals surface area contributed by atoms with E-state index in [4.69, 9.17) is 4.74 Å². The Balaban J connectivity index is 1.20. The van der Waals surface area contributed by atoms with E-state index in [2.05, 4.69) is 41.4 Å². The third-order valence-electron chi connectivity index (χ3n) is 6.95. The van der Waals surface area contributed by atoms with Crippen molar-refractivity contribution in [3.8, 4) is 0 Å². The highest BCUT2D eigenvalue weighted by atomic mass is 32.2. The first-order chi connectivity index (χ1) is 17.4. The molecule has 2 aliphatic rings. The van der Waals surface area contributed by atoms with Crippen molar-refractivity contribution in [2.45, 2.75) is 37.4 Å². The third-order valence-corrected chi connectivity index (χ3v) is 8.87. The minimum Gasteiger partial charge on any atom is -0.379 e. The second-order valence-corrected chi connectivity index (χ2v) is 11.4. The van der Waals surface area contributed by atoms with Crippen molar-refractivity contribution in [3.05, 3.63) is 95.1 Å². The number of benzene rings is 3. The van der Waals surface area contributed by atoms with Gasteiger partial charge < -0.3 is 10.1 Å². The first kappa shape index (κ1) is 24.6. The molecule has 3 aromatic rings. The third kappa shape index (κ3) is 5.37. The van der Waals surface area contributed by atoms with E-state index in [9.17, 15) is 13.2 Å². The van der Waals surface area contributed by atoms with Crippen molar-refractivity contribution in [2.75, 3.05) is 31.6 Å². The molecule has 1 saturated heterocycles. The van der Waals surface area contributed by atoms with Crippen LogP contribution in [0.25, 0.3) is 0 Å². The molecule has 8 heteroatoms. The smallest absolute Gasteiger partial charge is 0.255 e. The highest BCUT2D eigenvalue weighted by Crippen LogP contribution is 2.25. The molecule has 0 saturated carbocycles. The maximum absolute atomic E-state index is 12.8. The van der Waals surface area contributed by atoms with Crippen molar-refractivity contribution >= 4 is 21.6 Å². The molecule has 1 amide bonds. The monoisotopic (exact) mass is 505 g/mol. The average molecular weight is 506 g/mol. The molecular weight excluding hydrogens is 474 g/mol. The van der Waals surface area contributed by atoms with Crippen LogP contribution in [0, 0.1) is 0 Å². The molecular formula is C28H31N3O4S. The first-order valence-electron chi connectivity index (χ1n) is 12.3. The number of hydrogen-bond donors (Lipinski definition) is 1. The van der Waals surface area contributed by atoms with Crippen LogP contribution >= 0.6 is 0 Å². The summed E-state index contributed by atoms with van der Waals surface area (Å²) in [6.45, 7) is 5.51. The zero-order chi connectivity index (χ0) is 25.1. The van der Waals surface area contributed by atoms with Gasteiger partial charge in [-0.05, 0) is 66.4 Å². The Morgan fingerprint density at radius 3 is 2.31 bits per heavy atom. The topological polar surface area (TPSA) is 79.0 Å². The molecule has 5 rings (SSSR count). The molecule has 0 spiro atoms. The van der Waals surface area contributed by atoms with Crippen molar-refractivity contribution in [1.82, 2.24) is 9.21 Å².